The van der Waals surface area contributed by atoms with E-state index in [0.717, 1.165) is 37.3 Å². The topological polar surface area (TPSA) is 64.6 Å². The fraction of sp³-hybridized carbons (Fsp3) is 0.562. The zero-order valence-electron chi connectivity index (χ0n) is 12.6. The molecule has 1 aromatic carbocycles. The van der Waals surface area contributed by atoms with E-state index in [1.54, 1.807) is 0 Å². The quantitative estimate of drug-likeness (QED) is 0.714. The maximum Gasteiger partial charge on any atom is 0.225 e. The van der Waals surface area contributed by atoms with E-state index in [2.05, 4.69) is 22.5 Å². The van der Waals surface area contributed by atoms with Gasteiger partial charge in [-0.1, -0.05) is 0 Å². The van der Waals surface area contributed by atoms with Gasteiger partial charge in [0.15, 0.2) is 0 Å². The van der Waals surface area contributed by atoms with E-state index < -0.39 is 0 Å². The van der Waals surface area contributed by atoms with Crippen LogP contribution in [0.15, 0.2) is 24.3 Å². The van der Waals surface area contributed by atoms with Crippen LogP contribution >= 0.6 is 0 Å². The molecule has 1 atom stereocenters. The molecule has 1 aromatic rings. The van der Waals surface area contributed by atoms with Crippen LogP contribution in [0.4, 0.5) is 11.4 Å². The predicted molar refractivity (Wildman–Crippen MR) is 85.7 cm³/mol. The van der Waals surface area contributed by atoms with Gasteiger partial charge in [0.2, 0.25) is 5.91 Å². The highest BCUT2D eigenvalue weighted by molar-refractivity contribution is 5.91. The minimum atomic E-state index is 0.0601. The lowest BCUT2D eigenvalue weighted by atomic mass is 10.1. The molecular weight excluding hydrogens is 266 g/mol. The highest BCUT2D eigenvalue weighted by Gasteiger charge is 2.17. The maximum atomic E-state index is 12.0. The van der Waals surface area contributed by atoms with Crippen molar-refractivity contribution in [1.82, 2.24) is 5.32 Å². The normalized spacial score (nSPS) is 17.7. The SMILES string of the molecule is CCN(CCO)c1ccc(NC(=O)CC2CCCN2)cc1. The lowest BCUT2D eigenvalue weighted by Gasteiger charge is -2.22. The summed E-state index contributed by atoms with van der Waals surface area (Å²) in [5.74, 6) is 0.0601. The molecule has 5 nitrogen and oxygen atoms in total. The van der Waals surface area contributed by atoms with E-state index in [1.165, 1.54) is 0 Å². The minimum absolute atomic E-state index is 0.0601. The van der Waals surface area contributed by atoms with Gasteiger partial charge in [-0.05, 0) is 50.6 Å². The fourth-order valence-corrected chi connectivity index (χ4v) is 2.71. The van der Waals surface area contributed by atoms with Crippen molar-refractivity contribution in [2.24, 2.45) is 0 Å². The van der Waals surface area contributed by atoms with E-state index in [4.69, 9.17) is 5.11 Å². The van der Waals surface area contributed by atoms with Crippen molar-refractivity contribution in [2.75, 3.05) is 36.5 Å². The monoisotopic (exact) mass is 291 g/mol. The van der Waals surface area contributed by atoms with Crippen molar-refractivity contribution < 1.29 is 9.90 Å². The lowest BCUT2D eigenvalue weighted by Crippen LogP contribution is -2.27. The van der Waals surface area contributed by atoms with Gasteiger partial charge in [-0.3, -0.25) is 4.79 Å². The van der Waals surface area contributed by atoms with E-state index in [1.807, 2.05) is 24.3 Å². The predicted octanol–water partition coefficient (Wildman–Crippen LogP) is 1.59. The van der Waals surface area contributed by atoms with Crippen LogP contribution in [0.2, 0.25) is 0 Å². The molecule has 0 radical (unpaired) electrons. The third-order valence-corrected chi connectivity index (χ3v) is 3.86. The number of anilines is 2. The Morgan fingerprint density at radius 3 is 2.76 bits per heavy atom. The molecule has 0 aliphatic carbocycles. The average Bonchev–Trinajstić information content (AvgIpc) is 2.98. The van der Waals surface area contributed by atoms with Gasteiger partial charge < -0.3 is 20.6 Å². The van der Waals surface area contributed by atoms with Crippen LogP contribution in [0.25, 0.3) is 0 Å². The number of aliphatic hydroxyl groups excluding tert-OH is 1. The molecule has 0 saturated carbocycles. The third kappa shape index (κ3) is 4.72. The summed E-state index contributed by atoms with van der Waals surface area (Å²) in [6, 6.07) is 8.10. The Hall–Kier alpha value is -1.59. The molecule has 21 heavy (non-hydrogen) atoms. The van der Waals surface area contributed by atoms with Gasteiger partial charge in [-0.15, -0.1) is 0 Å². The molecule has 0 bridgehead atoms. The van der Waals surface area contributed by atoms with E-state index in [9.17, 15) is 4.79 Å². The smallest absolute Gasteiger partial charge is 0.225 e. The zero-order chi connectivity index (χ0) is 15.1. The molecule has 3 N–H and O–H groups in total. The molecule has 1 amide bonds. The molecule has 0 spiro atoms. The number of nitrogens with zero attached hydrogens (tertiary/aromatic N) is 1. The summed E-state index contributed by atoms with van der Waals surface area (Å²) in [5, 5.41) is 15.3. The van der Waals surface area contributed by atoms with Crippen molar-refractivity contribution in [2.45, 2.75) is 32.2 Å². The number of rotatable bonds is 7. The Labute approximate surface area is 126 Å². The Kier molecular flexibility index (Phi) is 6.02. The molecular formula is C16H25N3O2. The second kappa shape index (κ2) is 8.00. The van der Waals surface area contributed by atoms with Crippen molar-refractivity contribution in [1.29, 1.82) is 0 Å². The molecule has 116 valence electrons. The molecule has 0 aromatic heterocycles. The summed E-state index contributed by atoms with van der Waals surface area (Å²) in [6.07, 6.45) is 2.77. The van der Waals surface area contributed by atoms with Crippen LogP contribution in [0.3, 0.4) is 0 Å². The van der Waals surface area contributed by atoms with Gasteiger partial charge >= 0.3 is 0 Å². The number of carbonyl (C=O) groups is 1. The number of hydrogen-bond acceptors (Lipinski definition) is 4. The first-order valence-electron chi connectivity index (χ1n) is 7.72. The van der Waals surface area contributed by atoms with Crippen molar-refractivity contribution in [3.63, 3.8) is 0 Å². The second-order valence-corrected chi connectivity index (χ2v) is 5.40. The lowest BCUT2D eigenvalue weighted by molar-refractivity contribution is -0.116. The summed E-state index contributed by atoms with van der Waals surface area (Å²) in [7, 11) is 0. The standard InChI is InChI=1S/C16H25N3O2/c1-2-19(10-11-20)15-7-5-13(6-8-15)18-16(21)12-14-4-3-9-17-14/h5-8,14,17,20H,2-4,9-12H2,1H3,(H,18,21). The van der Waals surface area contributed by atoms with Crippen LogP contribution in [-0.4, -0.2) is 43.3 Å². The number of likely N-dealkylation sites (N-methyl/N-ethyl adjacent to an activating group) is 1. The van der Waals surface area contributed by atoms with Crippen LogP contribution in [-0.2, 0) is 4.79 Å². The molecule has 1 heterocycles. The molecule has 1 saturated heterocycles. The first kappa shape index (κ1) is 15.8. The van der Waals surface area contributed by atoms with Crippen molar-refractivity contribution in [3.8, 4) is 0 Å². The van der Waals surface area contributed by atoms with Gasteiger partial charge in [-0.25, -0.2) is 0 Å². The second-order valence-electron chi connectivity index (χ2n) is 5.40. The highest BCUT2D eigenvalue weighted by Crippen LogP contribution is 2.18. The van der Waals surface area contributed by atoms with Gasteiger partial charge in [0, 0.05) is 36.9 Å². The highest BCUT2D eigenvalue weighted by atomic mass is 16.3. The molecule has 1 aliphatic rings. The average molecular weight is 291 g/mol. The molecule has 1 aliphatic heterocycles. The van der Waals surface area contributed by atoms with Gasteiger partial charge in [0.1, 0.15) is 0 Å². The largest absolute Gasteiger partial charge is 0.395 e. The Morgan fingerprint density at radius 1 is 1.43 bits per heavy atom. The van der Waals surface area contributed by atoms with Crippen LogP contribution in [0.1, 0.15) is 26.2 Å². The summed E-state index contributed by atoms with van der Waals surface area (Å²) in [6.45, 7) is 4.68. The number of hydrogen-bond donors (Lipinski definition) is 3. The first-order chi connectivity index (χ1) is 10.2. The number of aliphatic hydroxyl groups is 1. The molecule has 1 fully saturated rings. The summed E-state index contributed by atoms with van der Waals surface area (Å²) < 4.78 is 0. The van der Waals surface area contributed by atoms with Gasteiger partial charge in [0.25, 0.3) is 0 Å². The van der Waals surface area contributed by atoms with Crippen LogP contribution in [0.5, 0.6) is 0 Å². The molecule has 5 heteroatoms. The summed E-state index contributed by atoms with van der Waals surface area (Å²) in [5.41, 5.74) is 1.88. The maximum absolute atomic E-state index is 12.0. The van der Waals surface area contributed by atoms with Crippen molar-refractivity contribution >= 4 is 17.3 Å². The third-order valence-electron chi connectivity index (χ3n) is 3.86. The van der Waals surface area contributed by atoms with Crippen LogP contribution in [0, 0.1) is 0 Å². The van der Waals surface area contributed by atoms with Crippen molar-refractivity contribution in [3.05, 3.63) is 24.3 Å². The van der Waals surface area contributed by atoms with E-state index >= 15 is 0 Å². The number of amides is 1. The Balaban J connectivity index is 1.87. The van der Waals surface area contributed by atoms with Crippen LogP contribution < -0.4 is 15.5 Å². The summed E-state index contributed by atoms with van der Waals surface area (Å²) in [4.78, 5) is 14.0. The Bertz CT molecular complexity index is 441. The number of carbonyl (C=O) groups excluding carboxylic acids is 1. The first-order valence-corrected chi connectivity index (χ1v) is 7.72. The van der Waals surface area contributed by atoms with E-state index in [0.29, 0.717) is 19.0 Å². The fourth-order valence-electron chi connectivity index (χ4n) is 2.71. The zero-order valence-corrected chi connectivity index (χ0v) is 12.6. The van der Waals surface area contributed by atoms with Gasteiger partial charge in [0.05, 0.1) is 6.61 Å². The van der Waals surface area contributed by atoms with E-state index in [-0.39, 0.29) is 12.5 Å². The number of benzene rings is 1. The molecule has 1 unspecified atom stereocenters. The minimum Gasteiger partial charge on any atom is -0.395 e. The number of nitrogens with one attached hydrogen (secondary N) is 2. The Morgan fingerprint density at radius 2 is 2.19 bits per heavy atom. The van der Waals surface area contributed by atoms with Gasteiger partial charge in [-0.2, -0.15) is 0 Å². The molecule has 2 rings (SSSR count). The summed E-state index contributed by atoms with van der Waals surface area (Å²) >= 11 is 0.